The average Bonchev–Trinajstić information content (AvgIpc) is 3.38. The molecule has 184 valence electrons. The summed E-state index contributed by atoms with van der Waals surface area (Å²) in [6.07, 6.45) is 4.00. The molecule has 7 nitrogen and oxygen atoms in total. The van der Waals surface area contributed by atoms with E-state index < -0.39 is 0 Å². The fourth-order valence-electron chi connectivity index (χ4n) is 5.12. The van der Waals surface area contributed by atoms with E-state index >= 15 is 0 Å². The van der Waals surface area contributed by atoms with Crippen molar-refractivity contribution < 1.29 is 19.4 Å². The molecule has 2 saturated heterocycles. The summed E-state index contributed by atoms with van der Waals surface area (Å²) in [6.45, 7) is 8.11. The number of phenols is 1. The van der Waals surface area contributed by atoms with Crippen molar-refractivity contribution >= 4 is 5.91 Å². The summed E-state index contributed by atoms with van der Waals surface area (Å²) in [4.78, 5) is 15.5. The van der Waals surface area contributed by atoms with Crippen molar-refractivity contribution in [1.29, 1.82) is 0 Å². The topological polar surface area (TPSA) is 83.1 Å². The summed E-state index contributed by atoms with van der Waals surface area (Å²) in [7, 11) is 0. The van der Waals surface area contributed by atoms with E-state index in [4.69, 9.17) is 9.47 Å². The first-order chi connectivity index (χ1) is 16.6. The fourth-order valence-corrected chi connectivity index (χ4v) is 5.12. The van der Waals surface area contributed by atoms with Crippen LogP contribution in [0.3, 0.4) is 0 Å². The second kappa shape index (κ2) is 11.1. The quantitative estimate of drug-likeness (QED) is 0.423. The first kappa shape index (κ1) is 24.4. The molecule has 0 aromatic heterocycles. The van der Waals surface area contributed by atoms with Crippen LogP contribution in [-0.2, 0) is 4.79 Å². The number of benzene rings is 2. The van der Waals surface area contributed by atoms with E-state index in [1.54, 1.807) is 6.07 Å². The van der Waals surface area contributed by atoms with Gasteiger partial charge < -0.3 is 19.5 Å². The molecule has 2 aliphatic heterocycles. The van der Waals surface area contributed by atoms with Crippen LogP contribution in [0.15, 0.2) is 42.5 Å². The van der Waals surface area contributed by atoms with Gasteiger partial charge in [0.05, 0.1) is 25.3 Å². The predicted molar refractivity (Wildman–Crippen MR) is 132 cm³/mol. The zero-order chi connectivity index (χ0) is 24.1. The maximum atomic E-state index is 13.5. The molecule has 7 heteroatoms. The molecule has 2 fully saturated rings. The molecule has 2 aromatic rings. The van der Waals surface area contributed by atoms with Crippen molar-refractivity contribution in [3.05, 3.63) is 53.6 Å². The van der Waals surface area contributed by atoms with E-state index in [0.29, 0.717) is 25.5 Å². The number of likely N-dealkylation sites (tertiary alicyclic amines) is 1. The average molecular weight is 468 g/mol. The summed E-state index contributed by atoms with van der Waals surface area (Å²) in [5.41, 5.74) is 8.34. The van der Waals surface area contributed by atoms with Crippen LogP contribution in [0.2, 0.25) is 0 Å². The van der Waals surface area contributed by atoms with Crippen LogP contribution >= 0.6 is 0 Å². The minimum atomic E-state index is -0.359. The highest BCUT2D eigenvalue weighted by atomic mass is 16.5. The summed E-state index contributed by atoms with van der Waals surface area (Å²) in [5, 5.41) is 10.6. The lowest BCUT2D eigenvalue weighted by Gasteiger charge is -2.32. The number of aromatic hydroxyl groups is 1. The zero-order valence-corrected chi connectivity index (χ0v) is 20.4. The van der Waals surface area contributed by atoms with Gasteiger partial charge in [0.1, 0.15) is 11.8 Å². The number of hydrazine groups is 1. The second-order valence-corrected chi connectivity index (χ2v) is 9.05. The van der Waals surface area contributed by atoms with E-state index in [0.717, 1.165) is 42.6 Å². The minimum absolute atomic E-state index is 0.0843. The minimum Gasteiger partial charge on any atom is -0.508 e. The maximum absolute atomic E-state index is 13.5. The molecule has 4 unspecified atom stereocenters. The van der Waals surface area contributed by atoms with Gasteiger partial charge in [-0.3, -0.25) is 4.79 Å². The standard InChI is InChI=1S/C27H37N3O4/c1-4-7-15-30-26(18-13-14-21(34-16-8-5-2)22(17-18)33-6-3)23-24(28-29-25(23)27(30)32)19-11-9-10-12-20(19)31/h9-14,17,23-26,28-29,31H,4-8,15-16H2,1-3H3. The van der Waals surface area contributed by atoms with Gasteiger partial charge in [0, 0.05) is 18.0 Å². The first-order valence-electron chi connectivity index (χ1n) is 12.6. The van der Waals surface area contributed by atoms with E-state index in [1.807, 2.05) is 42.2 Å². The molecule has 0 spiro atoms. The molecule has 34 heavy (non-hydrogen) atoms. The van der Waals surface area contributed by atoms with Crippen molar-refractivity contribution in [3.63, 3.8) is 0 Å². The lowest BCUT2D eigenvalue weighted by atomic mass is 9.83. The molecule has 2 heterocycles. The number of para-hydroxylation sites is 1. The van der Waals surface area contributed by atoms with Crippen LogP contribution in [0, 0.1) is 5.92 Å². The molecule has 3 N–H and O–H groups in total. The molecule has 0 aliphatic carbocycles. The molecular weight excluding hydrogens is 430 g/mol. The SMILES string of the molecule is CCCCOc1ccc(C2C3C(NNC3c3ccccc3O)C(=O)N2CCCC)cc1OCC. The lowest BCUT2D eigenvalue weighted by molar-refractivity contribution is -0.130. The Kier molecular flexibility index (Phi) is 7.95. The second-order valence-electron chi connectivity index (χ2n) is 9.05. The molecule has 4 atom stereocenters. The molecule has 0 radical (unpaired) electrons. The number of ether oxygens (including phenoxy) is 2. The Morgan fingerprint density at radius 1 is 0.941 bits per heavy atom. The Balaban J connectivity index is 1.73. The van der Waals surface area contributed by atoms with Gasteiger partial charge in [-0.1, -0.05) is 51.0 Å². The highest BCUT2D eigenvalue weighted by Gasteiger charge is 2.55. The van der Waals surface area contributed by atoms with E-state index in [-0.39, 0.29) is 35.7 Å². The van der Waals surface area contributed by atoms with Crippen LogP contribution in [0.25, 0.3) is 0 Å². The summed E-state index contributed by atoms with van der Waals surface area (Å²) < 4.78 is 11.9. The number of hydrogen-bond donors (Lipinski definition) is 3. The molecular formula is C27H37N3O4. The first-order valence-corrected chi connectivity index (χ1v) is 12.6. The summed E-state index contributed by atoms with van der Waals surface area (Å²) in [5.74, 6) is 1.69. The van der Waals surface area contributed by atoms with Gasteiger partial charge in [0.15, 0.2) is 11.5 Å². The highest BCUT2D eigenvalue weighted by Crippen LogP contribution is 2.49. The van der Waals surface area contributed by atoms with Crippen LogP contribution < -0.4 is 20.3 Å². The van der Waals surface area contributed by atoms with Crippen LogP contribution in [-0.4, -0.2) is 41.7 Å². The molecule has 2 aliphatic rings. The van der Waals surface area contributed by atoms with Gasteiger partial charge in [-0.25, -0.2) is 10.9 Å². The van der Waals surface area contributed by atoms with Gasteiger partial charge in [0.2, 0.25) is 5.91 Å². The number of carbonyl (C=O) groups is 1. The Morgan fingerprint density at radius 3 is 2.44 bits per heavy atom. The normalized spacial score (nSPS) is 23.9. The molecule has 1 amide bonds. The molecule has 0 bridgehead atoms. The van der Waals surface area contributed by atoms with Crippen LogP contribution in [0.5, 0.6) is 17.2 Å². The number of fused-ring (bicyclic) bond motifs is 1. The largest absolute Gasteiger partial charge is 0.508 e. The van der Waals surface area contributed by atoms with E-state index in [2.05, 4.69) is 30.8 Å². The number of carbonyl (C=O) groups excluding carboxylic acids is 1. The third-order valence-electron chi connectivity index (χ3n) is 6.80. The predicted octanol–water partition coefficient (Wildman–Crippen LogP) is 4.49. The fraction of sp³-hybridized carbons (Fsp3) is 0.519. The van der Waals surface area contributed by atoms with Crippen molar-refractivity contribution in [2.45, 2.75) is 64.6 Å². The Hall–Kier alpha value is -2.77. The molecule has 0 saturated carbocycles. The number of rotatable bonds is 11. The van der Waals surface area contributed by atoms with Crippen LogP contribution in [0.4, 0.5) is 0 Å². The number of phenolic OH excluding ortho intramolecular Hbond substituents is 1. The van der Waals surface area contributed by atoms with Gasteiger partial charge in [-0.05, 0) is 43.5 Å². The van der Waals surface area contributed by atoms with Gasteiger partial charge in [0.25, 0.3) is 0 Å². The number of nitrogens with one attached hydrogen (secondary N) is 2. The van der Waals surface area contributed by atoms with E-state index in [1.165, 1.54) is 0 Å². The maximum Gasteiger partial charge on any atom is 0.242 e. The van der Waals surface area contributed by atoms with Crippen LogP contribution in [0.1, 0.15) is 69.7 Å². The third-order valence-corrected chi connectivity index (χ3v) is 6.80. The monoisotopic (exact) mass is 467 g/mol. The van der Waals surface area contributed by atoms with Crippen molar-refractivity contribution in [2.24, 2.45) is 5.92 Å². The number of hydrogen-bond acceptors (Lipinski definition) is 6. The number of amides is 1. The Bertz CT molecular complexity index is 982. The summed E-state index contributed by atoms with van der Waals surface area (Å²) in [6, 6.07) is 12.7. The van der Waals surface area contributed by atoms with E-state index in [9.17, 15) is 9.90 Å². The van der Waals surface area contributed by atoms with Crippen molar-refractivity contribution in [1.82, 2.24) is 15.8 Å². The smallest absolute Gasteiger partial charge is 0.242 e. The zero-order valence-electron chi connectivity index (χ0n) is 20.4. The van der Waals surface area contributed by atoms with Crippen molar-refractivity contribution in [2.75, 3.05) is 19.8 Å². The third kappa shape index (κ3) is 4.72. The summed E-state index contributed by atoms with van der Waals surface area (Å²) >= 11 is 0. The highest BCUT2D eigenvalue weighted by molar-refractivity contribution is 5.86. The Morgan fingerprint density at radius 2 is 1.71 bits per heavy atom. The lowest BCUT2D eigenvalue weighted by Crippen LogP contribution is -2.41. The van der Waals surface area contributed by atoms with Gasteiger partial charge in [-0.2, -0.15) is 0 Å². The number of unbranched alkanes of at least 4 members (excludes halogenated alkanes) is 2. The Labute approximate surface area is 202 Å². The molecule has 2 aromatic carbocycles. The van der Waals surface area contributed by atoms with Gasteiger partial charge >= 0.3 is 0 Å². The van der Waals surface area contributed by atoms with Crippen molar-refractivity contribution in [3.8, 4) is 17.2 Å². The number of nitrogens with zero attached hydrogens (tertiary/aromatic N) is 1. The molecule has 4 rings (SSSR count). The van der Waals surface area contributed by atoms with Gasteiger partial charge in [-0.15, -0.1) is 0 Å².